The average molecular weight is 387 g/mol. The van der Waals surface area contributed by atoms with Gasteiger partial charge in [-0.15, -0.1) is 0 Å². The highest BCUT2D eigenvalue weighted by molar-refractivity contribution is 6.35. The highest BCUT2D eigenvalue weighted by atomic mass is 35.5. The average Bonchev–Trinajstić information content (AvgIpc) is 2.69. The zero-order chi connectivity index (χ0) is 18.5. The molecule has 0 aromatic heterocycles. The van der Waals surface area contributed by atoms with Gasteiger partial charge in [-0.25, -0.2) is 0 Å². The molecule has 2 N–H and O–H groups in total. The molecule has 3 nitrogen and oxygen atoms in total. The molecule has 0 fully saturated rings. The summed E-state index contributed by atoms with van der Waals surface area (Å²) < 4.78 is 0. The number of hydrogen-bond donors (Lipinski definition) is 2. The molecule has 1 heterocycles. The van der Waals surface area contributed by atoms with Crippen molar-refractivity contribution >= 4 is 40.4 Å². The minimum Gasteiger partial charge on any atom is -0.372 e. The summed E-state index contributed by atoms with van der Waals surface area (Å²) in [6.07, 6.45) is 1.33. The van der Waals surface area contributed by atoms with Crippen molar-refractivity contribution in [2.24, 2.45) is 5.41 Å². The Morgan fingerprint density at radius 1 is 1.04 bits per heavy atom. The van der Waals surface area contributed by atoms with Crippen molar-refractivity contribution in [3.8, 4) is 0 Å². The van der Waals surface area contributed by atoms with Gasteiger partial charge in [-0.2, -0.15) is 0 Å². The quantitative estimate of drug-likeness (QED) is 0.611. The van der Waals surface area contributed by atoms with Crippen LogP contribution < -0.4 is 10.6 Å². The first kappa shape index (κ1) is 17.4. The summed E-state index contributed by atoms with van der Waals surface area (Å²) in [4.78, 5) is 13.1. The number of benzene rings is 2. The number of rotatable bonds is 1. The maximum Gasteiger partial charge on any atom is 0.163 e. The van der Waals surface area contributed by atoms with E-state index in [0.29, 0.717) is 16.5 Å². The maximum atomic E-state index is 13.1. The summed E-state index contributed by atoms with van der Waals surface area (Å²) in [7, 11) is 0. The summed E-state index contributed by atoms with van der Waals surface area (Å²) in [6.45, 7) is 4.26. The largest absolute Gasteiger partial charge is 0.372 e. The van der Waals surface area contributed by atoms with E-state index in [0.717, 1.165) is 34.6 Å². The fourth-order valence-corrected chi connectivity index (χ4v) is 4.38. The fraction of sp³-hybridized carbons (Fsp3) is 0.286. The lowest BCUT2D eigenvalue weighted by atomic mass is 9.73. The van der Waals surface area contributed by atoms with Crippen LogP contribution in [0.5, 0.6) is 0 Å². The lowest BCUT2D eigenvalue weighted by Gasteiger charge is -2.34. The molecule has 0 bridgehead atoms. The Kier molecular flexibility index (Phi) is 4.25. The van der Waals surface area contributed by atoms with Gasteiger partial charge >= 0.3 is 0 Å². The molecule has 0 unspecified atom stereocenters. The van der Waals surface area contributed by atoms with Gasteiger partial charge in [0.2, 0.25) is 0 Å². The first-order valence-corrected chi connectivity index (χ1v) is 9.43. The van der Waals surface area contributed by atoms with E-state index in [1.54, 1.807) is 6.07 Å². The van der Waals surface area contributed by atoms with Gasteiger partial charge < -0.3 is 10.6 Å². The van der Waals surface area contributed by atoms with E-state index < -0.39 is 0 Å². The van der Waals surface area contributed by atoms with Crippen molar-refractivity contribution in [1.29, 1.82) is 0 Å². The molecule has 4 rings (SSSR count). The minimum absolute atomic E-state index is 0.0729. The van der Waals surface area contributed by atoms with Crippen molar-refractivity contribution in [3.05, 3.63) is 69.3 Å². The van der Waals surface area contributed by atoms with Crippen molar-refractivity contribution in [3.63, 3.8) is 0 Å². The predicted molar refractivity (Wildman–Crippen MR) is 108 cm³/mol. The molecule has 1 aliphatic heterocycles. The summed E-state index contributed by atoms with van der Waals surface area (Å²) in [6, 6.07) is 13.1. The Hall–Kier alpha value is -1.97. The van der Waals surface area contributed by atoms with Gasteiger partial charge in [0.25, 0.3) is 0 Å². The summed E-state index contributed by atoms with van der Waals surface area (Å²) in [5.74, 6) is 0.153. The van der Waals surface area contributed by atoms with Gasteiger partial charge in [0.15, 0.2) is 5.78 Å². The molecule has 0 spiro atoms. The van der Waals surface area contributed by atoms with Gasteiger partial charge in [-0.3, -0.25) is 4.79 Å². The molecule has 26 heavy (non-hydrogen) atoms. The third kappa shape index (κ3) is 3.10. The summed E-state index contributed by atoms with van der Waals surface area (Å²) in [5.41, 5.74) is 4.44. The molecule has 134 valence electrons. The van der Waals surface area contributed by atoms with Crippen molar-refractivity contribution in [2.45, 2.75) is 32.7 Å². The van der Waals surface area contributed by atoms with Crippen LogP contribution in [-0.2, 0) is 4.79 Å². The second kappa shape index (κ2) is 6.33. The van der Waals surface area contributed by atoms with E-state index in [1.165, 1.54) is 0 Å². The van der Waals surface area contributed by atoms with Crippen LogP contribution in [-0.4, -0.2) is 5.78 Å². The van der Waals surface area contributed by atoms with E-state index in [9.17, 15) is 4.79 Å². The zero-order valence-corrected chi connectivity index (χ0v) is 16.2. The number of ketones is 1. The smallest absolute Gasteiger partial charge is 0.163 e. The Labute approximate surface area is 163 Å². The van der Waals surface area contributed by atoms with Gasteiger partial charge in [-0.1, -0.05) is 55.2 Å². The topological polar surface area (TPSA) is 41.1 Å². The van der Waals surface area contributed by atoms with Crippen LogP contribution in [0.4, 0.5) is 11.4 Å². The van der Waals surface area contributed by atoms with Crippen LogP contribution in [0, 0.1) is 5.41 Å². The predicted octanol–water partition coefficient (Wildman–Crippen LogP) is 6.22. The van der Waals surface area contributed by atoms with Gasteiger partial charge in [-0.05, 0) is 41.7 Å². The minimum atomic E-state index is -0.311. The molecule has 5 heteroatoms. The molecule has 0 saturated carbocycles. The Morgan fingerprint density at radius 2 is 1.77 bits per heavy atom. The molecular formula is C21H20Cl2N2O. The number of para-hydroxylation sites is 2. The van der Waals surface area contributed by atoms with Crippen molar-refractivity contribution < 1.29 is 4.79 Å². The monoisotopic (exact) mass is 386 g/mol. The standard InChI is InChI=1S/C21H20Cl2N2O/c1-21(2)10-17-19(18(26)11-21)20(13-8-7-12(22)9-14(13)23)25-16-6-4-3-5-15(16)24-17/h3-9,20,24-25H,10-11H2,1-2H3/t20-/m0/s1. The van der Waals surface area contributed by atoms with Crippen LogP contribution in [0.15, 0.2) is 53.7 Å². The van der Waals surface area contributed by atoms with Crippen molar-refractivity contribution in [1.82, 2.24) is 0 Å². The maximum absolute atomic E-state index is 13.1. The molecule has 2 aliphatic rings. The van der Waals surface area contributed by atoms with Crippen LogP contribution in [0.2, 0.25) is 10.0 Å². The van der Waals surface area contributed by atoms with E-state index in [-0.39, 0.29) is 17.2 Å². The summed E-state index contributed by atoms with van der Waals surface area (Å²) in [5, 5.41) is 8.16. The Balaban J connectivity index is 1.91. The first-order chi connectivity index (χ1) is 12.3. The number of allylic oxidation sites excluding steroid dienone is 1. The van der Waals surface area contributed by atoms with E-state index in [4.69, 9.17) is 23.2 Å². The number of nitrogens with one attached hydrogen (secondary N) is 2. The van der Waals surface area contributed by atoms with Gasteiger partial charge in [0.1, 0.15) is 0 Å². The number of halogens is 2. The van der Waals surface area contributed by atoms with Gasteiger partial charge in [0.05, 0.1) is 17.4 Å². The number of anilines is 2. The van der Waals surface area contributed by atoms with E-state index in [2.05, 4.69) is 24.5 Å². The molecule has 0 amide bonds. The number of hydrogen-bond acceptors (Lipinski definition) is 3. The van der Waals surface area contributed by atoms with E-state index >= 15 is 0 Å². The lowest BCUT2D eigenvalue weighted by molar-refractivity contribution is -0.118. The first-order valence-electron chi connectivity index (χ1n) is 8.68. The molecule has 1 aliphatic carbocycles. The molecule has 2 aromatic rings. The number of carbonyl (C=O) groups excluding carboxylic acids is 1. The summed E-state index contributed by atoms with van der Waals surface area (Å²) >= 11 is 12.6. The Bertz CT molecular complexity index is 933. The molecule has 0 radical (unpaired) electrons. The third-order valence-electron chi connectivity index (χ3n) is 4.99. The van der Waals surface area contributed by atoms with Crippen LogP contribution >= 0.6 is 23.2 Å². The normalized spacial score (nSPS) is 21.2. The number of carbonyl (C=O) groups is 1. The zero-order valence-electron chi connectivity index (χ0n) is 14.7. The highest BCUT2D eigenvalue weighted by Gasteiger charge is 2.39. The molecular weight excluding hydrogens is 367 g/mol. The molecule has 1 atom stereocenters. The third-order valence-corrected chi connectivity index (χ3v) is 5.56. The molecule has 2 aromatic carbocycles. The van der Waals surface area contributed by atoms with E-state index in [1.807, 2.05) is 36.4 Å². The second-order valence-corrected chi connectivity index (χ2v) is 8.59. The number of Topliss-reactive ketones (excluding diaryl/α,β-unsaturated/α-hetero) is 1. The highest BCUT2D eigenvalue weighted by Crippen LogP contribution is 2.46. The second-order valence-electron chi connectivity index (χ2n) is 7.75. The van der Waals surface area contributed by atoms with Crippen molar-refractivity contribution in [2.75, 3.05) is 10.6 Å². The van der Waals surface area contributed by atoms with Crippen LogP contribution in [0.1, 0.15) is 38.3 Å². The number of fused-ring (bicyclic) bond motifs is 1. The van der Waals surface area contributed by atoms with Crippen LogP contribution in [0.3, 0.4) is 0 Å². The fourth-order valence-electron chi connectivity index (χ4n) is 3.86. The van der Waals surface area contributed by atoms with Crippen LogP contribution in [0.25, 0.3) is 0 Å². The SMILES string of the molecule is CC1(C)CC(=O)C2=C(C1)Nc1ccccc1N[C@H]2c1ccc(Cl)cc1Cl. The molecule has 0 saturated heterocycles. The van der Waals surface area contributed by atoms with Gasteiger partial charge in [0, 0.05) is 27.7 Å². The lowest BCUT2D eigenvalue weighted by Crippen LogP contribution is -2.31. The Morgan fingerprint density at radius 3 is 2.50 bits per heavy atom.